The fraction of sp³-hybridized carbons (Fsp3) is 0. The second-order valence-electron chi connectivity index (χ2n) is 11.2. The molecule has 0 atom stereocenters. The summed E-state index contributed by atoms with van der Waals surface area (Å²) in [6.07, 6.45) is 1.85. The predicted octanol–water partition coefficient (Wildman–Crippen LogP) is 10.2. The molecule has 0 aliphatic rings. The molecule has 4 heterocycles. The van der Waals surface area contributed by atoms with Crippen LogP contribution in [0.15, 0.2) is 152 Å². The number of hydrogen-bond acceptors (Lipinski definition) is 2. The van der Waals surface area contributed by atoms with Crippen LogP contribution < -0.4 is 0 Å². The normalized spacial score (nSPS) is 11.6. The molecule has 0 aliphatic heterocycles. The fourth-order valence-corrected chi connectivity index (χ4v) is 6.58. The van der Waals surface area contributed by atoms with Gasteiger partial charge in [-0.1, -0.05) is 91.0 Å². The first-order chi connectivity index (χ1) is 21.8. The summed E-state index contributed by atoms with van der Waals surface area (Å²) in [4.78, 5) is 13.7. The third-order valence-corrected chi connectivity index (χ3v) is 8.59. The predicted molar refractivity (Wildman–Crippen MR) is 182 cm³/mol. The van der Waals surface area contributed by atoms with Crippen molar-refractivity contribution in [3.63, 3.8) is 0 Å². The number of hydrogen-bond donors (Lipinski definition) is 1. The molecule has 0 aliphatic carbocycles. The fourth-order valence-electron chi connectivity index (χ4n) is 6.58. The van der Waals surface area contributed by atoms with E-state index in [1.807, 2.05) is 12.3 Å². The van der Waals surface area contributed by atoms with Crippen molar-refractivity contribution >= 4 is 43.7 Å². The minimum Gasteiger partial charge on any atom is -0.354 e. The number of H-pyrrole nitrogens is 1. The van der Waals surface area contributed by atoms with Crippen molar-refractivity contribution < 1.29 is 0 Å². The van der Waals surface area contributed by atoms with Gasteiger partial charge in [0.15, 0.2) is 0 Å². The molecule has 0 bridgehead atoms. The lowest BCUT2D eigenvalue weighted by Crippen LogP contribution is -1.99. The second-order valence-corrected chi connectivity index (χ2v) is 11.2. The second kappa shape index (κ2) is 9.79. The topological polar surface area (TPSA) is 46.5 Å². The van der Waals surface area contributed by atoms with Crippen molar-refractivity contribution in [3.8, 4) is 39.3 Å². The number of para-hydroxylation sites is 3. The van der Waals surface area contributed by atoms with Gasteiger partial charge in [0.25, 0.3) is 0 Å². The van der Waals surface area contributed by atoms with Crippen molar-refractivity contribution in [2.45, 2.75) is 0 Å². The number of nitrogens with zero attached hydrogens (tertiary/aromatic N) is 3. The van der Waals surface area contributed by atoms with E-state index in [9.17, 15) is 0 Å². The molecule has 1 N–H and O–H groups in total. The molecule has 5 aromatic carbocycles. The van der Waals surface area contributed by atoms with Crippen molar-refractivity contribution in [1.82, 2.24) is 19.5 Å². The van der Waals surface area contributed by atoms with E-state index in [-0.39, 0.29) is 0 Å². The third-order valence-electron chi connectivity index (χ3n) is 8.59. The van der Waals surface area contributed by atoms with Gasteiger partial charge in [0.1, 0.15) is 11.5 Å². The van der Waals surface area contributed by atoms with E-state index < -0.39 is 0 Å². The van der Waals surface area contributed by atoms with E-state index >= 15 is 0 Å². The highest BCUT2D eigenvalue weighted by molar-refractivity contribution is 6.12. The van der Waals surface area contributed by atoms with Crippen molar-refractivity contribution in [1.29, 1.82) is 0 Å². The summed E-state index contributed by atoms with van der Waals surface area (Å²) in [6.45, 7) is 0. The van der Waals surface area contributed by atoms with Gasteiger partial charge >= 0.3 is 0 Å². The van der Waals surface area contributed by atoms with Crippen LogP contribution in [0.25, 0.3) is 83.1 Å². The average molecular weight is 563 g/mol. The molecule has 0 fully saturated rings. The van der Waals surface area contributed by atoms with Gasteiger partial charge in [0.05, 0.1) is 16.7 Å². The Morgan fingerprint density at radius 3 is 2.16 bits per heavy atom. The van der Waals surface area contributed by atoms with Crippen LogP contribution in [0.2, 0.25) is 0 Å². The molecule has 206 valence electrons. The summed E-state index contributed by atoms with van der Waals surface area (Å²) in [5, 5.41) is 4.75. The molecule has 4 aromatic heterocycles. The highest BCUT2D eigenvalue weighted by Crippen LogP contribution is 2.38. The Labute approximate surface area is 253 Å². The summed E-state index contributed by atoms with van der Waals surface area (Å²) in [5.41, 5.74) is 10.9. The largest absolute Gasteiger partial charge is 0.354 e. The molecule has 0 spiro atoms. The Balaban J connectivity index is 1.27. The van der Waals surface area contributed by atoms with E-state index in [1.165, 1.54) is 27.3 Å². The smallest absolute Gasteiger partial charge is 0.146 e. The van der Waals surface area contributed by atoms with E-state index in [2.05, 4.69) is 149 Å². The van der Waals surface area contributed by atoms with Crippen LogP contribution in [-0.2, 0) is 0 Å². The van der Waals surface area contributed by atoms with Crippen LogP contribution in [0.1, 0.15) is 0 Å². The molecule has 4 heteroatoms. The number of pyridine rings is 2. The Morgan fingerprint density at radius 1 is 0.500 bits per heavy atom. The first-order valence-corrected chi connectivity index (χ1v) is 14.8. The van der Waals surface area contributed by atoms with E-state index in [4.69, 9.17) is 9.97 Å². The van der Waals surface area contributed by atoms with Gasteiger partial charge in [-0.3, -0.25) is 4.57 Å². The standard InChI is InChI=1S/C40H26N4/c1-2-11-26(12-3-1)27-23-28(30-15-8-16-33-31-13-4-6-18-36(31)43-39(30)33)25-29(24-27)35-19-9-21-38(42-35)44-37-20-7-5-14-32(37)34-17-10-22-41-40(34)44/h1-25,43H. The van der Waals surface area contributed by atoms with Crippen molar-refractivity contribution in [2.24, 2.45) is 0 Å². The average Bonchev–Trinajstić information content (AvgIpc) is 3.65. The molecule has 0 radical (unpaired) electrons. The highest BCUT2D eigenvalue weighted by Gasteiger charge is 2.16. The molecular formula is C40H26N4. The summed E-state index contributed by atoms with van der Waals surface area (Å²) < 4.78 is 2.17. The lowest BCUT2D eigenvalue weighted by Gasteiger charge is -2.13. The van der Waals surface area contributed by atoms with E-state index in [1.54, 1.807) is 0 Å². The maximum atomic E-state index is 5.27. The van der Waals surface area contributed by atoms with Crippen LogP contribution in [0, 0.1) is 0 Å². The van der Waals surface area contributed by atoms with Gasteiger partial charge in [-0.05, 0) is 71.3 Å². The summed E-state index contributed by atoms with van der Waals surface area (Å²) >= 11 is 0. The minimum atomic E-state index is 0.844. The summed E-state index contributed by atoms with van der Waals surface area (Å²) in [7, 11) is 0. The molecule has 9 rings (SSSR count). The Bertz CT molecular complexity index is 2450. The van der Waals surface area contributed by atoms with Crippen LogP contribution >= 0.6 is 0 Å². The molecular weight excluding hydrogens is 536 g/mol. The maximum absolute atomic E-state index is 5.27. The van der Waals surface area contributed by atoms with E-state index in [0.717, 1.165) is 55.8 Å². The van der Waals surface area contributed by atoms with E-state index in [0.29, 0.717) is 0 Å². The first kappa shape index (κ1) is 24.6. The van der Waals surface area contributed by atoms with Gasteiger partial charge in [-0.25, -0.2) is 9.97 Å². The zero-order valence-corrected chi connectivity index (χ0v) is 23.8. The molecule has 0 unspecified atom stereocenters. The lowest BCUT2D eigenvalue weighted by molar-refractivity contribution is 1.06. The Kier molecular flexibility index (Phi) is 5.47. The summed E-state index contributed by atoms with van der Waals surface area (Å²) in [6, 6.07) is 51.3. The molecule has 9 aromatic rings. The molecule has 4 nitrogen and oxygen atoms in total. The monoisotopic (exact) mass is 562 g/mol. The zero-order chi connectivity index (χ0) is 29.0. The number of nitrogens with one attached hydrogen (secondary N) is 1. The molecule has 0 amide bonds. The summed E-state index contributed by atoms with van der Waals surface area (Å²) in [5.74, 6) is 0.844. The number of aromatic amines is 1. The third kappa shape index (κ3) is 3.85. The van der Waals surface area contributed by atoms with Gasteiger partial charge < -0.3 is 4.98 Å². The Hall–Kier alpha value is -6.00. The van der Waals surface area contributed by atoms with Crippen LogP contribution in [0.3, 0.4) is 0 Å². The quantitative estimate of drug-likeness (QED) is 0.232. The van der Waals surface area contributed by atoms with Gasteiger partial charge in [0, 0.05) is 44.4 Å². The lowest BCUT2D eigenvalue weighted by atomic mass is 9.94. The van der Waals surface area contributed by atoms with Crippen LogP contribution in [0.5, 0.6) is 0 Å². The maximum Gasteiger partial charge on any atom is 0.146 e. The molecule has 44 heavy (non-hydrogen) atoms. The van der Waals surface area contributed by atoms with Crippen LogP contribution in [0.4, 0.5) is 0 Å². The molecule has 0 saturated heterocycles. The van der Waals surface area contributed by atoms with Gasteiger partial charge in [-0.2, -0.15) is 0 Å². The van der Waals surface area contributed by atoms with Crippen molar-refractivity contribution in [3.05, 3.63) is 152 Å². The SMILES string of the molecule is c1ccc(-c2cc(-c3cccc(-n4c5ccccc5c5cccnc54)n3)cc(-c3cccc4c3[nH]c3ccccc34)c2)cc1. The molecule has 0 saturated carbocycles. The number of fused-ring (bicyclic) bond motifs is 6. The number of aromatic nitrogens is 4. The Morgan fingerprint density at radius 2 is 1.23 bits per heavy atom. The number of benzene rings is 5. The van der Waals surface area contributed by atoms with Crippen LogP contribution in [-0.4, -0.2) is 19.5 Å². The zero-order valence-electron chi connectivity index (χ0n) is 23.8. The first-order valence-electron chi connectivity index (χ1n) is 14.8. The van der Waals surface area contributed by atoms with Gasteiger partial charge in [-0.15, -0.1) is 0 Å². The van der Waals surface area contributed by atoms with Crippen molar-refractivity contribution in [2.75, 3.05) is 0 Å². The van der Waals surface area contributed by atoms with Gasteiger partial charge in [0.2, 0.25) is 0 Å². The highest BCUT2D eigenvalue weighted by atomic mass is 15.1. The minimum absolute atomic E-state index is 0.844. The number of rotatable bonds is 4.